The van der Waals surface area contributed by atoms with Crippen molar-refractivity contribution >= 4 is 41.4 Å². The molecule has 0 bridgehead atoms. The van der Waals surface area contributed by atoms with Gasteiger partial charge in [0.15, 0.2) is 0 Å². The molecule has 12 nitrogen and oxygen atoms in total. The Balaban J connectivity index is 3.11. The van der Waals surface area contributed by atoms with Gasteiger partial charge in [-0.2, -0.15) is 11.8 Å². The number of rotatable bonds is 15. The molecule has 1 aromatic rings. The van der Waals surface area contributed by atoms with Gasteiger partial charge in [0.2, 0.25) is 17.7 Å². The quantitative estimate of drug-likeness (QED) is 0.148. The average molecular weight is 513 g/mol. The van der Waals surface area contributed by atoms with E-state index in [0.717, 1.165) is 0 Å². The average Bonchev–Trinajstić information content (AvgIpc) is 2.80. The van der Waals surface area contributed by atoms with Gasteiger partial charge in [0.25, 0.3) is 0 Å². The number of thioether (sulfide) groups is 1. The third kappa shape index (κ3) is 10.8. The molecule has 5 unspecified atom stereocenters. The molecule has 13 heteroatoms. The highest BCUT2D eigenvalue weighted by molar-refractivity contribution is 7.98. The summed E-state index contributed by atoms with van der Waals surface area (Å²) in [4.78, 5) is 60.6. The number of hydrogen-bond donors (Lipinski definition) is 7. The Hall–Kier alpha value is -3.16. The number of nitrogens with two attached hydrogens (primary N) is 1. The van der Waals surface area contributed by atoms with Crippen LogP contribution >= 0.6 is 11.8 Å². The molecule has 1 rings (SSSR count). The monoisotopic (exact) mass is 512 g/mol. The number of nitrogens with one attached hydrogen (secondary N) is 3. The lowest BCUT2D eigenvalue weighted by atomic mass is 10.0. The molecule has 1 aromatic carbocycles. The van der Waals surface area contributed by atoms with Crippen molar-refractivity contribution in [1.29, 1.82) is 0 Å². The van der Waals surface area contributed by atoms with Gasteiger partial charge in [-0.1, -0.05) is 30.3 Å². The third-order valence-electron chi connectivity index (χ3n) is 4.98. The molecule has 0 saturated heterocycles. The number of aliphatic hydroxyl groups is 1. The molecule has 35 heavy (non-hydrogen) atoms. The molecule has 0 spiro atoms. The van der Waals surface area contributed by atoms with Crippen LogP contribution in [0.1, 0.15) is 25.3 Å². The van der Waals surface area contributed by atoms with E-state index in [9.17, 15) is 34.2 Å². The van der Waals surface area contributed by atoms with Gasteiger partial charge in [0, 0.05) is 6.42 Å². The lowest BCUT2D eigenvalue weighted by Gasteiger charge is -2.25. The van der Waals surface area contributed by atoms with Gasteiger partial charge in [-0.25, -0.2) is 4.79 Å². The van der Waals surface area contributed by atoms with Crippen LogP contribution in [0.15, 0.2) is 30.3 Å². The molecular weight excluding hydrogens is 480 g/mol. The van der Waals surface area contributed by atoms with Crippen LogP contribution in [0.5, 0.6) is 0 Å². The van der Waals surface area contributed by atoms with Crippen molar-refractivity contribution in [3.05, 3.63) is 35.9 Å². The summed E-state index contributed by atoms with van der Waals surface area (Å²) in [6.07, 6.45) is -0.0245. The van der Waals surface area contributed by atoms with E-state index in [2.05, 4.69) is 16.0 Å². The van der Waals surface area contributed by atoms with Crippen LogP contribution in [-0.4, -0.2) is 87.3 Å². The van der Waals surface area contributed by atoms with E-state index in [1.165, 1.54) is 18.7 Å². The predicted octanol–water partition coefficient (Wildman–Crippen LogP) is -1.30. The standard InChI is InChI=1S/C22H32N4O8S/c1-12(27)18(23)21(32)24-14(8-9-35-2)19(30)25-15(10-13-6-4-3-5-7-13)20(31)26-16(22(33)34)11-17(28)29/h3-7,12,14-16,18,27H,8-11,23H2,1-2H3,(H,24,32)(H,25,30)(H,26,31)(H,28,29)(H,33,34). The first-order chi connectivity index (χ1) is 16.5. The topological polar surface area (TPSA) is 208 Å². The highest BCUT2D eigenvalue weighted by atomic mass is 32.2. The van der Waals surface area contributed by atoms with Crippen molar-refractivity contribution in [3.63, 3.8) is 0 Å². The highest BCUT2D eigenvalue weighted by Gasteiger charge is 2.31. The predicted molar refractivity (Wildman–Crippen MR) is 128 cm³/mol. The zero-order valence-electron chi connectivity index (χ0n) is 19.5. The van der Waals surface area contributed by atoms with Gasteiger partial charge < -0.3 is 37.0 Å². The van der Waals surface area contributed by atoms with Crippen LogP contribution in [0.25, 0.3) is 0 Å². The fourth-order valence-corrected chi connectivity index (χ4v) is 3.44. The Bertz CT molecular complexity index is 883. The second-order valence-electron chi connectivity index (χ2n) is 7.86. The van der Waals surface area contributed by atoms with Gasteiger partial charge >= 0.3 is 11.9 Å². The minimum absolute atomic E-state index is 0.0196. The first kappa shape index (κ1) is 29.9. The van der Waals surface area contributed by atoms with Crippen LogP contribution in [0.2, 0.25) is 0 Å². The molecule has 0 aromatic heterocycles. The van der Waals surface area contributed by atoms with Gasteiger partial charge in [-0.05, 0) is 30.9 Å². The summed E-state index contributed by atoms with van der Waals surface area (Å²) in [6.45, 7) is 1.33. The van der Waals surface area contributed by atoms with Gasteiger partial charge in [-0.15, -0.1) is 0 Å². The molecule has 0 fully saturated rings. The molecule has 3 amide bonds. The number of benzene rings is 1. The molecule has 5 atom stereocenters. The van der Waals surface area contributed by atoms with Crippen molar-refractivity contribution in [2.45, 2.75) is 56.5 Å². The van der Waals surface area contributed by atoms with E-state index in [0.29, 0.717) is 11.3 Å². The molecule has 0 saturated carbocycles. The number of carboxylic acids is 2. The largest absolute Gasteiger partial charge is 0.481 e. The Morgan fingerprint density at radius 1 is 0.914 bits per heavy atom. The van der Waals surface area contributed by atoms with Crippen molar-refractivity contribution in [1.82, 2.24) is 16.0 Å². The molecule has 0 aliphatic heterocycles. The maximum absolute atomic E-state index is 13.1. The summed E-state index contributed by atoms with van der Waals surface area (Å²) in [5, 5.41) is 34.9. The molecule has 0 heterocycles. The molecule has 0 aliphatic carbocycles. The normalized spacial score (nSPS) is 15.1. The molecule has 8 N–H and O–H groups in total. The number of aliphatic hydroxyl groups excluding tert-OH is 1. The third-order valence-corrected chi connectivity index (χ3v) is 5.62. The molecule has 0 aliphatic rings. The van der Waals surface area contributed by atoms with E-state index in [1.54, 1.807) is 36.6 Å². The number of aliphatic carboxylic acids is 2. The number of hydrogen-bond acceptors (Lipinski definition) is 8. The zero-order chi connectivity index (χ0) is 26.5. The second-order valence-corrected chi connectivity index (χ2v) is 8.84. The maximum atomic E-state index is 13.1. The van der Waals surface area contributed by atoms with Crippen LogP contribution < -0.4 is 21.7 Å². The van der Waals surface area contributed by atoms with Crippen molar-refractivity contribution in [3.8, 4) is 0 Å². The van der Waals surface area contributed by atoms with Crippen molar-refractivity contribution in [2.24, 2.45) is 5.73 Å². The Kier molecular flexibility index (Phi) is 12.8. The first-order valence-electron chi connectivity index (χ1n) is 10.8. The van der Waals surface area contributed by atoms with Gasteiger partial charge in [0.05, 0.1) is 12.5 Å². The van der Waals surface area contributed by atoms with Crippen LogP contribution in [0, 0.1) is 0 Å². The van der Waals surface area contributed by atoms with Gasteiger partial charge in [0.1, 0.15) is 24.2 Å². The number of carbonyl (C=O) groups excluding carboxylic acids is 3. The van der Waals surface area contributed by atoms with E-state index >= 15 is 0 Å². The lowest BCUT2D eigenvalue weighted by Crippen LogP contribution is -2.58. The summed E-state index contributed by atoms with van der Waals surface area (Å²) in [6, 6.07) is 3.27. The maximum Gasteiger partial charge on any atom is 0.326 e. The Labute approximate surface area is 207 Å². The first-order valence-corrected chi connectivity index (χ1v) is 12.2. The van der Waals surface area contributed by atoms with Gasteiger partial charge in [-0.3, -0.25) is 19.2 Å². The van der Waals surface area contributed by atoms with E-state index < -0.39 is 66.4 Å². The summed E-state index contributed by atoms with van der Waals surface area (Å²) in [5.41, 5.74) is 6.30. The zero-order valence-corrected chi connectivity index (χ0v) is 20.3. The Morgan fingerprint density at radius 3 is 1.97 bits per heavy atom. The van der Waals surface area contributed by atoms with Crippen LogP contribution in [0.3, 0.4) is 0 Å². The van der Waals surface area contributed by atoms with Crippen LogP contribution in [0.4, 0.5) is 0 Å². The minimum atomic E-state index is -1.70. The lowest BCUT2D eigenvalue weighted by molar-refractivity contribution is -0.147. The summed E-state index contributed by atoms with van der Waals surface area (Å²) in [7, 11) is 0. The molecule has 194 valence electrons. The highest BCUT2D eigenvalue weighted by Crippen LogP contribution is 2.07. The fourth-order valence-electron chi connectivity index (χ4n) is 2.97. The smallest absolute Gasteiger partial charge is 0.326 e. The van der Waals surface area contributed by atoms with E-state index in [4.69, 9.17) is 10.8 Å². The molecular formula is C22H32N4O8S. The van der Waals surface area contributed by atoms with E-state index in [-0.39, 0.29) is 12.8 Å². The number of carboxylic acid groups (broad SMARTS) is 2. The Morgan fingerprint density at radius 2 is 1.46 bits per heavy atom. The van der Waals surface area contributed by atoms with Crippen LogP contribution in [-0.2, 0) is 30.4 Å². The second kappa shape index (κ2) is 15.0. The number of amides is 3. The minimum Gasteiger partial charge on any atom is -0.481 e. The summed E-state index contributed by atoms with van der Waals surface area (Å²) < 4.78 is 0. The SMILES string of the molecule is CSCCC(NC(=O)C(N)C(C)O)C(=O)NC(Cc1ccccc1)C(=O)NC(CC(=O)O)C(=O)O. The summed E-state index contributed by atoms with van der Waals surface area (Å²) in [5.74, 6) is -4.84. The van der Waals surface area contributed by atoms with E-state index in [1.807, 2.05) is 0 Å². The summed E-state index contributed by atoms with van der Waals surface area (Å²) >= 11 is 1.42. The fraction of sp³-hybridized carbons (Fsp3) is 0.500. The van der Waals surface area contributed by atoms with Crippen molar-refractivity contribution < 1.29 is 39.3 Å². The molecule has 0 radical (unpaired) electrons. The number of carbonyl (C=O) groups is 5. The van der Waals surface area contributed by atoms with Crippen molar-refractivity contribution in [2.75, 3.05) is 12.0 Å².